The van der Waals surface area contributed by atoms with Gasteiger partial charge in [-0.3, -0.25) is 9.38 Å². The maximum atomic E-state index is 12.1. The maximum absolute atomic E-state index is 12.1. The number of ether oxygens (including phenoxy) is 2. The van der Waals surface area contributed by atoms with Crippen LogP contribution in [0.2, 0.25) is 0 Å². The molecule has 5 nitrogen and oxygen atoms in total. The van der Waals surface area contributed by atoms with E-state index >= 15 is 0 Å². The Morgan fingerprint density at radius 3 is 2.77 bits per heavy atom. The van der Waals surface area contributed by atoms with Crippen molar-refractivity contribution >= 4 is 35.6 Å². The number of alkyl halides is 1. The average molecular weight is 423 g/mol. The van der Waals surface area contributed by atoms with Gasteiger partial charge in [0.25, 0.3) is 0 Å². The second-order valence-electron chi connectivity index (χ2n) is 4.64. The number of nitrogens with zero attached hydrogens (tertiary/aromatic N) is 1. The fraction of sp³-hybridized carbons (Fsp3) is 0.533. The fourth-order valence-electron chi connectivity index (χ4n) is 1.94. The van der Waals surface area contributed by atoms with Gasteiger partial charge in [-0.25, -0.2) is 0 Å². The second-order valence-corrected chi connectivity index (χ2v) is 4.64. The summed E-state index contributed by atoms with van der Waals surface area (Å²) in [5.74, 6) is 2.13. The molecule has 0 bridgehead atoms. The van der Waals surface area contributed by atoms with Crippen molar-refractivity contribution in [1.82, 2.24) is 5.32 Å². The number of nitrogens with one attached hydrogen (secondary N) is 2. The van der Waals surface area contributed by atoms with Crippen LogP contribution in [0.15, 0.2) is 23.2 Å². The van der Waals surface area contributed by atoms with Crippen molar-refractivity contribution in [2.45, 2.75) is 19.8 Å². The number of rotatable bonds is 5. The van der Waals surface area contributed by atoms with Crippen LogP contribution in [0.4, 0.5) is 10.1 Å². The van der Waals surface area contributed by atoms with Gasteiger partial charge in [-0.15, -0.1) is 24.0 Å². The largest absolute Gasteiger partial charge is 0.490 e. The predicted octanol–water partition coefficient (Wildman–Crippen LogP) is 3.20. The van der Waals surface area contributed by atoms with E-state index in [1.165, 1.54) is 0 Å². The molecule has 1 aliphatic rings. The summed E-state index contributed by atoms with van der Waals surface area (Å²) in [6.45, 7) is 4.16. The Hall–Kier alpha value is -1.25. The molecule has 1 aromatic rings. The topological polar surface area (TPSA) is 54.9 Å². The molecule has 1 aliphatic heterocycles. The van der Waals surface area contributed by atoms with Crippen LogP contribution in [-0.2, 0) is 0 Å². The smallest absolute Gasteiger partial charge is 0.195 e. The summed E-state index contributed by atoms with van der Waals surface area (Å²) in [6, 6.07) is 5.69. The molecule has 0 atom stereocenters. The van der Waals surface area contributed by atoms with Crippen LogP contribution in [0.1, 0.15) is 19.8 Å². The van der Waals surface area contributed by atoms with Crippen LogP contribution in [0.3, 0.4) is 0 Å². The SMILES string of the molecule is CCNC(=NCCCF)Nc1ccc2c(c1)OCCCO2.I. The minimum absolute atomic E-state index is 0. The van der Waals surface area contributed by atoms with Gasteiger partial charge >= 0.3 is 0 Å². The Balaban J connectivity index is 0.00000242. The van der Waals surface area contributed by atoms with Crippen LogP contribution < -0.4 is 20.1 Å². The van der Waals surface area contributed by atoms with Crippen molar-refractivity contribution in [2.75, 3.05) is 38.3 Å². The zero-order chi connectivity index (χ0) is 14.9. The minimum atomic E-state index is -0.354. The van der Waals surface area contributed by atoms with Crippen LogP contribution in [0, 0.1) is 0 Å². The standard InChI is InChI=1S/C15H22FN3O2.HI/c1-2-17-15(18-8-3-7-16)19-12-5-6-13-14(11-12)21-10-4-9-20-13;/h5-6,11H,2-4,7-10H2,1H3,(H2,17,18,19);1H. The summed E-state index contributed by atoms with van der Waals surface area (Å²) in [6.07, 6.45) is 1.31. The highest BCUT2D eigenvalue weighted by molar-refractivity contribution is 14.0. The van der Waals surface area contributed by atoms with Crippen LogP contribution >= 0.6 is 24.0 Å². The van der Waals surface area contributed by atoms with Crippen molar-refractivity contribution in [3.8, 4) is 11.5 Å². The average Bonchev–Trinajstić information content (AvgIpc) is 2.72. The van der Waals surface area contributed by atoms with E-state index in [9.17, 15) is 4.39 Å². The lowest BCUT2D eigenvalue weighted by Gasteiger charge is -2.13. The Bertz CT molecular complexity index is 486. The first-order chi connectivity index (χ1) is 10.3. The van der Waals surface area contributed by atoms with Crippen LogP contribution in [0.5, 0.6) is 11.5 Å². The molecule has 0 aliphatic carbocycles. The molecule has 7 heteroatoms. The molecule has 0 saturated heterocycles. The molecule has 124 valence electrons. The van der Waals surface area contributed by atoms with E-state index in [0.717, 1.165) is 30.2 Å². The molecular formula is C15H23FIN3O2. The van der Waals surface area contributed by atoms with Crippen molar-refractivity contribution in [3.05, 3.63) is 18.2 Å². The molecule has 0 fully saturated rings. The number of guanidine groups is 1. The van der Waals surface area contributed by atoms with Gasteiger partial charge in [0.15, 0.2) is 17.5 Å². The second kappa shape index (κ2) is 10.5. The third-order valence-corrected chi connectivity index (χ3v) is 2.92. The van der Waals surface area contributed by atoms with E-state index in [1.54, 1.807) is 0 Å². The Labute approximate surface area is 147 Å². The lowest BCUT2D eigenvalue weighted by Crippen LogP contribution is -2.30. The van der Waals surface area contributed by atoms with E-state index in [2.05, 4.69) is 15.6 Å². The monoisotopic (exact) mass is 423 g/mol. The molecule has 0 aromatic heterocycles. The number of fused-ring (bicyclic) bond motifs is 1. The van der Waals surface area contributed by atoms with E-state index < -0.39 is 0 Å². The Morgan fingerprint density at radius 1 is 1.27 bits per heavy atom. The summed E-state index contributed by atoms with van der Waals surface area (Å²) in [4.78, 5) is 4.31. The summed E-state index contributed by atoms with van der Waals surface area (Å²) >= 11 is 0. The summed E-state index contributed by atoms with van der Waals surface area (Å²) in [7, 11) is 0. The fourth-order valence-corrected chi connectivity index (χ4v) is 1.94. The van der Waals surface area contributed by atoms with Gasteiger partial charge in [0.05, 0.1) is 19.9 Å². The zero-order valence-electron chi connectivity index (χ0n) is 12.7. The van der Waals surface area contributed by atoms with Gasteiger partial charge < -0.3 is 20.1 Å². The molecule has 0 spiro atoms. The van der Waals surface area contributed by atoms with Crippen molar-refractivity contribution in [3.63, 3.8) is 0 Å². The number of hydrogen-bond donors (Lipinski definition) is 2. The number of anilines is 1. The van der Waals surface area contributed by atoms with Crippen molar-refractivity contribution in [1.29, 1.82) is 0 Å². The summed E-state index contributed by atoms with van der Waals surface area (Å²) in [5.41, 5.74) is 0.860. The minimum Gasteiger partial charge on any atom is -0.490 e. The summed E-state index contributed by atoms with van der Waals surface area (Å²) in [5, 5.41) is 6.32. The van der Waals surface area contributed by atoms with Gasteiger partial charge in [-0.2, -0.15) is 0 Å². The van der Waals surface area contributed by atoms with E-state index in [1.807, 2.05) is 25.1 Å². The maximum Gasteiger partial charge on any atom is 0.195 e. The number of aliphatic imine (C=N–C) groups is 1. The van der Waals surface area contributed by atoms with Gasteiger partial charge in [0.2, 0.25) is 0 Å². The Morgan fingerprint density at radius 2 is 2.05 bits per heavy atom. The Kier molecular flexibility index (Phi) is 8.95. The molecule has 2 N–H and O–H groups in total. The molecular weight excluding hydrogens is 400 g/mol. The van der Waals surface area contributed by atoms with E-state index in [-0.39, 0.29) is 30.7 Å². The van der Waals surface area contributed by atoms with Crippen LogP contribution in [-0.4, -0.2) is 38.9 Å². The highest BCUT2D eigenvalue weighted by Gasteiger charge is 2.11. The third-order valence-electron chi connectivity index (χ3n) is 2.92. The first-order valence-electron chi connectivity index (χ1n) is 7.34. The van der Waals surface area contributed by atoms with Gasteiger partial charge in [0, 0.05) is 31.3 Å². The van der Waals surface area contributed by atoms with Crippen LogP contribution in [0.25, 0.3) is 0 Å². The third kappa shape index (κ3) is 5.86. The van der Waals surface area contributed by atoms with Crippen molar-refractivity contribution < 1.29 is 13.9 Å². The predicted molar refractivity (Wildman–Crippen MR) is 97.7 cm³/mol. The number of hydrogen-bond acceptors (Lipinski definition) is 3. The molecule has 0 radical (unpaired) electrons. The molecule has 0 amide bonds. The first kappa shape index (κ1) is 18.8. The highest BCUT2D eigenvalue weighted by Crippen LogP contribution is 2.32. The normalized spacial score (nSPS) is 13.8. The van der Waals surface area contributed by atoms with Gasteiger partial charge in [-0.05, 0) is 25.5 Å². The van der Waals surface area contributed by atoms with Gasteiger partial charge in [-0.1, -0.05) is 0 Å². The lowest BCUT2D eigenvalue weighted by molar-refractivity contribution is 0.297. The van der Waals surface area contributed by atoms with Gasteiger partial charge in [0.1, 0.15) is 0 Å². The molecule has 0 saturated carbocycles. The first-order valence-corrected chi connectivity index (χ1v) is 7.34. The number of benzene rings is 1. The lowest BCUT2D eigenvalue weighted by atomic mass is 10.3. The summed E-state index contributed by atoms with van der Waals surface area (Å²) < 4.78 is 23.4. The molecule has 0 unspecified atom stereocenters. The zero-order valence-corrected chi connectivity index (χ0v) is 15.1. The molecule has 1 heterocycles. The number of halogens is 2. The molecule has 22 heavy (non-hydrogen) atoms. The quantitative estimate of drug-likeness (QED) is 0.331. The van der Waals surface area contributed by atoms with E-state index in [0.29, 0.717) is 32.1 Å². The molecule has 2 rings (SSSR count). The molecule has 1 aromatic carbocycles. The van der Waals surface area contributed by atoms with E-state index in [4.69, 9.17) is 9.47 Å². The highest BCUT2D eigenvalue weighted by atomic mass is 127. The van der Waals surface area contributed by atoms with Crippen molar-refractivity contribution in [2.24, 2.45) is 4.99 Å².